The lowest BCUT2D eigenvalue weighted by Crippen LogP contribution is -2.64. The minimum absolute atomic E-state index is 0.114. The van der Waals surface area contributed by atoms with Crippen molar-refractivity contribution in [3.63, 3.8) is 0 Å². The van der Waals surface area contributed by atoms with Crippen LogP contribution in [0.15, 0.2) is 30.5 Å². The Morgan fingerprint density at radius 3 is 2.43 bits per heavy atom. The maximum atomic E-state index is 14.0. The van der Waals surface area contributed by atoms with Crippen LogP contribution in [0.25, 0.3) is 10.9 Å². The fraction of sp³-hybridized carbons (Fsp3) is 0.606. The van der Waals surface area contributed by atoms with Crippen LogP contribution in [0.5, 0.6) is 0 Å². The van der Waals surface area contributed by atoms with E-state index in [1.807, 2.05) is 38.1 Å². The Labute approximate surface area is 259 Å². The first kappa shape index (κ1) is 33.0. The van der Waals surface area contributed by atoms with Crippen molar-refractivity contribution >= 4 is 40.3 Å². The number of piperidine rings is 1. The number of carbonyl (C=O) groups is 5. The highest BCUT2D eigenvalue weighted by molar-refractivity contribution is 5.98. The molecule has 2 aliphatic rings. The lowest BCUT2D eigenvalue weighted by atomic mass is 9.93. The number of carbonyl (C=O) groups excluding carboxylic acids is 5. The summed E-state index contributed by atoms with van der Waals surface area (Å²) in [7, 11) is 1.56. The molecule has 11 heteroatoms. The molecular weight excluding hydrogens is 562 g/mol. The molecule has 1 aromatic heterocycles. The molecule has 4 rings (SSSR count). The second-order valence-electron chi connectivity index (χ2n) is 12.2. The first-order valence-electron chi connectivity index (χ1n) is 16.0. The van der Waals surface area contributed by atoms with Crippen molar-refractivity contribution in [3.8, 4) is 0 Å². The van der Waals surface area contributed by atoms with Crippen molar-refractivity contribution < 1.29 is 28.8 Å². The maximum Gasteiger partial charge on any atom is 0.246 e. The number of hydrogen-bond acceptors (Lipinski definition) is 6. The molecule has 0 aliphatic carbocycles. The molecule has 44 heavy (non-hydrogen) atoms. The van der Waals surface area contributed by atoms with Gasteiger partial charge >= 0.3 is 0 Å². The molecule has 3 N–H and O–H groups in total. The average Bonchev–Trinajstić information content (AvgIpc) is 3.38. The van der Waals surface area contributed by atoms with E-state index in [-0.39, 0.29) is 29.9 Å². The summed E-state index contributed by atoms with van der Waals surface area (Å²) in [4.78, 5) is 74.0. The molecule has 0 radical (unpaired) electrons. The second kappa shape index (κ2) is 15.2. The highest BCUT2D eigenvalue weighted by atomic mass is 16.6. The molecule has 2 saturated heterocycles. The highest BCUT2D eigenvalue weighted by Gasteiger charge is 2.40. The van der Waals surface area contributed by atoms with Crippen molar-refractivity contribution in [3.05, 3.63) is 36.0 Å². The lowest BCUT2D eigenvalue weighted by molar-refractivity contribution is -0.147. The van der Waals surface area contributed by atoms with Crippen LogP contribution < -0.4 is 20.8 Å². The van der Waals surface area contributed by atoms with E-state index in [0.717, 1.165) is 35.7 Å². The van der Waals surface area contributed by atoms with Gasteiger partial charge in [-0.1, -0.05) is 51.3 Å². The van der Waals surface area contributed by atoms with E-state index in [9.17, 15) is 24.0 Å². The molecule has 0 unspecified atom stereocenters. The highest BCUT2D eigenvalue weighted by Crippen LogP contribution is 2.24. The number of fused-ring (bicyclic) bond motifs is 2. The Bertz CT molecular complexity index is 1360. The number of amides is 4. The number of nitrogens with zero attached hydrogens (tertiary/aromatic N) is 2. The molecule has 0 spiro atoms. The molecule has 4 amide bonds. The zero-order valence-corrected chi connectivity index (χ0v) is 26.4. The molecule has 1 aromatic carbocycles. The monoisotopic (exact) mass is 609 g/mol. The van der Waals surface area contributed by atoms with Crippen LogP contribution in [0.4, 0.5) is 0 Å². The molecule has 2 fully saturated rings. The quantitative estimate of drug-likeness (QED) is 0.335. The fourth-order valence-corrected chi connectivity index (χ4v) is 6.25. The standard InChI is InChI=1S/C33H47N5O6/c1-5-21(2)29-33(43)37-18-12-11-17-28(37)32(42)34-25(15-8-6-7-13-22(3)39)30(40)35-26(31(41)36-29)19-23-20-38(44-4)27-16-10-9-14-24(23)27/h9-10,14,16,20-21,25-26,28-29H,5-8,11-13,15,17-19H2,1-4H3,(H,34,42)(H,35,40)(H,36,41)/t21-,25-,26-,28+,29-/m0/s1. The van der Waals surface area contributed by atoms with Crippen molar-refractivity contribution in [1.29, 1.82) is 0 Å². The first-order chi connectivity index (χ1) is 21.1. The Hall–Kier alpha value is -3.89. The number of nitrogens with one attached hydrogen (secondary N) is 3. The third-order valence-corrected chi connectivity index (χ3v) is 9.03. The summed E-state index contributed by atoms with van der Waals surface area (Å²) in [5, 5.41) is 9.72. The van der Waals surface area contributed by atoms with Gasteiger partial charge in [0.15, 0.2) is 0 Å². The van der Waals surface area contributed by atoms with E-state index in [1.54, 1.807) is 29.9 Å². The Morgan fingerprint density at radius 1 is 0.977 bits per heavy atom. The van der Waals surface area contributed by atoms with Gasteiger partial charge in [-0.2, -0.15) is 4.73 Å². The van der Waals surface area contributed by atoms with Crippen LogP contribution in [0, 0.1) is 5.92 Å². The predicted octanol–water partition coefficient (Wildman–Crippen LogP) is 2.68. The summed E-state index contributed by atoms with van der Waals surface area (Å²) in [6.45, 7) is 5.84. The number of Topliss-reactive ketones (excluding diaryl/α,β-unsaturated/α-hetero) is 1. The third kappa shape index (κ3) is 7.78. The van der Waals surface area contributed by atoms with Gasteiger partial charge in [0.1, 0.15) is 37.1 Å². The van der Waals surface area contributed by atoms with E-state index in [0.29, 0.717) is 45.1 Å². The number of aromatic nitrogens is 1. The molecule has 2 aliphatic heterocycles. The van der Waals surface area contributed by atoms with E-state index in [1.165, 1.54) is 0 Å². The molecule has 5 atom stereocenters. The van der Waals surface area contributed by atoms with Gasteiger partial charge in [0.2, 0.25) is 23.6 Å². The molecule has 240 valence electrons. The summed E-state index contributed by atoms with van der Waals surface area (Å²) in [5.41, 5.74) is 1.62. The zero-order valence-electron chi connectivity index (χ0n) is 26.4. The molecular formula is C33H47N5O6. The molecule has 3 heterocycles. The van der Waals surface area contributed by atoms with Crippen LogP contribution in [0.3, 0.4) is 0 Å². The normalized spacial score (nSPS) is 24.0. The Kier molecular flexibility index (Phi) is 11.4. The first-order valence-corrected chi connectivity index (χ1v) is 16.0. The minimum atomic E-state index is -1.01. The zero-order chi connectivity index (χ0) is 31.8. The smallest absolute Gasteiger partial charge is 0.246 e. The second-order valence-corrected chi connectivity index (χ2v) is 12.2. The molecule has 11 nitrogen and oxygen atoms in total. The number of para-hydroxylation sites is 1. The van der Waals surface area contributed by atoms with Gasteiger partial charge in [0, 0.05) is 31.0 Å². The van der Waals surface area contributed by atoms with E-state index in [4.69, 9.17) is 4.84 Å². The number of unbranched alkanes of at least 4 members (excludes halogenated alkanes) is 2. The van der Waals surface area contributed by atoms with Gasteiger partial charge < -0.3 is 30.5 Å². The lowest BCUT2D eigenvalue weighted by Gasteiger charge is -2.39. The molecule has 2 aromatic rings. The van der Waals surface area contributed by atoms with Gasteiger partial charge in [0.05, 0.1) is 5.52 Å². The number of hydrogen-bond donors (Lipinski definition) is 3. The van der Waals surface area contributed by atoms with Crippen LogP contribution in [0.1, 0.15) is 84.1 Å². The van der Waals surface area contributed by atoms with Crippen LogP contribution >= 0.6 is 0 Å². The van der Waals surface area contributed by atoms with Crippen LogP contribution in [-0.2, 0) is 30.4 Å². The maximum absolute atomic E-state index is 14.0. The van der Waals surface area contributed by atoms with Crippen LogP contribution in [-0.4, -0.2) is 76.9 Å². The van der Waals surface area contributed by atoms with Gasteiger partial charge in [0.25, 0.3) is 0 Å². The van der Waals surface area contributed by atoms with Gasteiger partial charge in [-0.05, 0) is 56.6 Å². The summed E-state index contributed by atoms with van der Waals surface area (Å²) in [6.07, 6.45) is 7.52. The minimum Gasteiger partial charge on any atom is -0.417 e. The van der Waals surface area contributed by atoms with Crippen LogP contribution in [0.2, 0.25) is 0 Å². The Balaban J connectivity index is 1.68. The van der Waals surface area contributed by atoms with Crippen molar-refractivity contribution in [1.82, 2.24) is 25.6 Å². The van der Waals surface area contributed by atoms with Gasteiger partial charge in [-0.3, -0.25) is 19.2 Å². The molecule has 0 bridgehead atoms. The van der Waals surface area contributed by atoms with Gasteiger partial charge in [-0.25, -0.2) is 0 Å². The largest absolute Gasteiger partial charge is 0.417 e. The Morgan fingerprint density at radius 2 is 1.70 bits per heavy atom. The van der Waals surface area contributed by atoms with E-state index in [2.05, 4.69) is 16.0 Å². The van der Waals surface area contributed by atoms with Crippen molar-refractivity contribution in [2.24, 2.45) is 5.92 Å². The summed E-state index contributed by atoms with van der Waals surface area (Å²) in [6, 6.07) is 4.20. The average molecular weight is 610 g/mol. The number of benzene rings is 1. The van der Waals surface area contributed by atoms with E-state index < -0.39 is 36.0 Å². The fourth-order valence-electron chi connectivity index (χ4n) is 6.25. The number of rotatable bonds is 11. The summed E-state index contributed by atoms with van der Waals surface area (Å²) >= 11 is 0. The van der Waals surface area contributed by atoms with Gasteiger partial charge in [-0.15, -0.1) is 0 Å². The molecule has 0 saturated carbocycles. The van der Waals surface area contributed by atoms with Crippen molar-refractivity contribution in [2.45, 2.75) is 109 Å². The topological polar surface area (TPSA) is 139 Å². The summed E-state index contributed by atoms with van der Waals surface area (Å²) < 4.78 is 1.62. The predicted molar refractivity (Wildman–Crippen MR) is 167 cm³/mol. The van der Waals surface area contributed by atoms with E-state index >= 15 is 0 Å². The summed E-state index contributed by atoms with van der Waals surface area (Å²) in [5.74, 6) is -1.59. The number of ketones is 1. The SMILES string of the molecule is CC[C@H](C)[C@@H]1NC(=O)[C@H](Cc2cn(OC)c3ccccc23)NC(=O)[C@H](CCCCCC(C)=O)NC(=O)[C@H]2CCCCN2C1=O. The third-order valence-electron chi connectivity index (χ3n) is 9.03. The van der Waals surface area contributed by atoms with Crippen molar-refractivity contribution in [2.75, 3.05) is 13.7 Å².